The van der Waals surface area contributed by atoms with Crippen LogP contribution in [0.2, 0.25) is 0 Å². The highest BCUT2D eigenvalue weighted by molar-refractivity contribution is 4.71. The van der Waals surface area contributed by atoms with Crippen molar-refractivity contribution >= 4 is 0 Å². The van der Waals surface area contributed by atoms with Gasteiger partial charge in [-0.1, -0.05) is 0 Å². The average Bonchev–Trinajstić information content (AvgIpc) is 1.82. The molecule has 12 heavy (non-hydrogen) atoms. The topological polar surface area (TPSA) is 179 Å². The van der Waals surface area contributed by atoms with Crippen LogP contribution >= 0.6 is 0 Å². The van der Waals surface area contributed by atoms with Crippen molar-refractivity contribution in [2.24, 2.45) is 11.5 Å². The van der Waals surface area contributed by atoms with Gasteiger partial charge >= 0.3 is 11.7 Å². The van der Waals surface area contributed by atoms with Crippen LogP contribution in [0.3, 0.4) is 0 Å². The molecular weight excluding hydrogens is 176 g/mol. The van der Waals surface area contributed by atoms with E-state index in [1.54, 1.807) is 0 Å². The number of nitro groups is 2. The van der Waals surface area contributed by atoms with Crippen molar-refractivity contribution in [2.45, 2.75) is 11.7 Å². The fraction of sp³-hybridized carbons (Fsp3) is 1.00. The van der Waals surface area contributed by atoms with Crippen molar-refractivity contribution < 1.29 is 20.1 Å². The Morgan fingerprint density at radius 2 is 1.33 bits per heavy atom. The molecule has 0 aromatic carbocycles. The fourth-order valence-corrected chi connectivity index (χ4v) is 0.359. The second kappa shape index (κ2) is 2.60. The van der Waals surface area contributed by atoms with Crippen LogP contribution in [0.5, 0.6) is 0 Å². The predicted octanol–water partition coefficient (Wildman–Crippen LogP) is -3.25. The Kier molecular flexibility index (Phi) is 2.30. The van der Waals surface area contributed by atoms with Crippen LogP contribution in [0.15, 0.2) is 0 Å². The largest absolute Gasteiger partial charge is 0.633 e. The minimum Gasteiger partial charge on any atom is -0.349 e. The first-order valence-corrected chi connectivity index (χ1v) is 2.45. The molecule has 0 radical (unpaired) electrons. The molecule has 0 aliphatic rings. The summed E-state index contributed by atoms with van der Waals surface area (Å²) in [6.07, 6.45) is 0. The average molecular weight is 182 g/mol. The van der Waals surface area contributed by atoms with Crippen LogP contribution < -0.4 is 11.5 Å². The number of rotatable bonds is 3. The highest BCUT2D eigenvalue weighted by Crippen LogP contribution is 2.13. The van der Waals surface area contributed by atoms with E-state index in [-0.39, 0.29) is 0 Å². The Bertz CT molecular complexity index is 204. The molecule has 0 heterocycles. The van der Waals surface area contributed by atoms with Crippen molar-refractivity contribution in [2.75, 3.05) is 0 Å². The molecule has 70 valence electrons. The van der Waals surface area contributed by atoms with E-state index in [2.05, 4.69) is 11.5 Å². The van der Waals surface area contributed by atoms with Gasteiger partial charge in [-0.3, -0.25) is 36.8 Å². The van der Waals surface area contributed by atoms with E-state index in [4.69, 9.17) is 10.2 Å². The van der Waals surface area contributed by atoms with Gasteiger partial charge in [0, 0.05) is 0 Å². The Morgan fingerprint density at radius 1 is 1.08 bits per heavy atom. The van der Waals surface area contributed by atoms with Crippen LogP contribution in [0.25, 0.3) is 0 Å². The maximum Gasteiger partial charge on any atom is 0.633 e. The van der Waals surface area contributed by atoms with E-state index in [1.165, 1.54) is 0 Å². The molecule has 6 N–H and O–H groups in total. The number of aliphatic hydroxyl groups is 2. The molecule has 0 aliphatic carbocycles. The Hall–Kier alpha value is -1.36. The molecule has 0 amide bonds. The fourth-order valence-electron chi connectivity index (χ4n) is 0.359. The van der Waals surface area contributed by atoms with Crippen molar-refractivity contribution in [3.05, 3.63) is 20.2 Å². The van der Waals surface area contributed by atoms with Gasteiger partial charge in [-0.05, 0) is 0 Å². The molecule has 0 rings (SSSR count). The van der Waals surface area contributed by atoms with Gasteiger partial charge in [0.25, 0.3) is 0 Å². The van der Waals surface area contributed by atoms with Crippen LogP contribution in [-0.4, -0.2) is 31.8 Å². The maximum atomic E-state index is 9.90. The van der Waals surface area contributed by atoms with Crippen LogP contribution in [-0.2, 0) is 0 Å². The zero-order valence-corrected chi connectivity index (χ0v) is 5.58. The zero-order valence-electron chi connectivity index (χ0n) is 5.58. The minimum atomic E-state index is -4.01. The minimum absolute atomic E-state index is 1.80. The molecule has 0 aromatic heterocycles. The summed E-state index contributed by atoms with van der Waals surface area (Å²) in [5.41, 5.74) is 8.83. The van der Waals surface area contributed by atoms with Crippen LogP contribution in [0, 0.1) is 20.2 Å². The lowest BCUT2D eigenvalue weighted by molar-refractivity contribution is -0.866. The second-order valence-corrected chi connectivity index (χ2v) is 1.97. The SMILES string of the molecule is NC(N)(O)C(O)([N+](=O)[O-])[N+](=O)[O-]. The van der Waals surface area contributed by atoms with E-state index >= 15 is 0 Å². The Labute approximate surface area is 64.7 Å². The number of hydrogen-bond acceptors (Lipinski definition) is 8. The van der Waals surface area contributed by atoms with Crippen molar-refractivity contribution in [3.63, 3.8) is 0 Å². The Morgan fingerprint density at radius 3 is 1.33 bits per heavy atom. The molecule has 10 heteroatoms. The van der Waals surface area contributed by atoms with Crippen molar-refractivity contribution in [3.8, 4) is 0 Å². The lowest BCUT2D eigenvalue weighted by Crippen LogP contribution is -2.73. The molecule has 0 atom stereocenters. The monoisotopic (exact) mass is 182 g/mol. The highest BCUT2D eigenvalue weighted by atomic mass is 16.7. The second-order valence-electron chi connectivity index (χ2n) is 1.97. The molecule has 0 saturated carbocycles. The van der Waals surface area contributed by atoms with E-state index in [9.17, 15) is 20.2 Å². The number of hydrogen-bond donors (Lipinski definition) is 4. The summed E-state index contributed by atoms with van der Waals surface area (Å²) in [6.45, 7) is 0. The van der Waals surface area contributed by atoms with Gasteiger partial charge in [0.2, 0.25) is 0 Å². The number of nitrogens with zero attached hydrogens (tertiary/aromatic N) is 2. The van der Waals surface area contributed by atoms with E-state index in [0.717, 1.165) is 0 Å². The van der Waals surface area contributed by atoms with Gasteiger partial charge in [-0.15, -0.1) is 0 Å². The maximum absolute atomic E-state index is 9.90. The third-order valence-electron chi connectivity index (χ3n) is 1.05. The molecule has 0 aliphatic heterocycles. The first-order chi connectivity index (χ1) is 5.14. The molecule has 0 fully saturated rings. The summed E-state index contributed by atoms with van der Waals surface area (Å²) in [4.78, 5) is 16.2. The van der Waals surface area contributed by atoms with E-state index in [1.807, 2.05) is 0 Å². The first-order valence-electron chi connectivity index (χ1n) is 2.45. The lowest BCUT2D eigenvalue weighted by atomic mass is 10.3. The normalized spacial score (nSPS) is 12.7. The lowest BCUT2D eigenvalue weighted by Gasteiger charge is -2.20. The summed E-state index contributed by atoms with van der Waals surface area (Å²) in [7, 11) is 0. The first kappa shape index (κ1) is 10.6. The summed E-state index contributed by atoms with van der Waals surface area (Å²) >= 11 is 0. The molecule has 0 aromatic rings. The van der Waals surface area contributed by atoms with Crippen LogP contribution in [0.4, 0.5) is 0 Å². The molecule has 0 bridgehead atoms. The van der Waals surface area contributed by atoms with Gasteiger partial charge < -0.3 is 5.11 Å². The zero-order chi connectivity index (χ0) is 10.2. The molecule has 0 saturated heterocycles. The van der Waals surface area contributed by atoms with Crippen molar-refractivity contribution in [1.29, 1.82) is 0 Å². The van der Waals surface area contributed by atoms with Gasteiger partial charge in [-0.2, -0.15) is 0 Å². The van der Waals surface area contributed by atoms with Gasteiger partial charge in [0.15, 0.2) is 0 Å². The van der Waals surface area contributed by atoms with Crippen molar-refractivity contribution in [1.82, 2.24) is 0 Å². The summed E-state index contributed by atoms with van der Waals surface area (Å²) in [6, 6.07) is 0. The van der Waals surface area contributed by atoms with E-state index in [0.29, 0.717) is 0 Å². The number of nitrogens with two attached hydrogens (primary N) is 2. The Balaban J connectivity index is 5.17. The molecular formula is C2H6N4O6. The summed E-state index contributed by atoms with van der Waals surface area (Å²) in [5.74, 6) is -7.45. The molecule has 0 unspecified atom stereocenters. The molecule has 10 nitrogen and oxygen atoms in total. The summed E-state index contributed by atoms with van der Waals surface area (Å²) in [5, 5.41) is 36.9. The summed E-state index contributed by atoms with van der Waals surface area (Å²) < 4.78 is 0. The van der Waals surface area contributed by atoms with E-state index < -0.39 is 21.5 Å². The predicted molar refractivity (Wildman–Crippen MR) is 32.3 cm³/mol. The highest BCUT2D eigenvalue weighted by Gasteiger charge is 2.70. The van der Waals surface area contributed by atoms with Gasteiger partial charge in [0.1, 0.15) is 9.85 Å². The van der Waals surface area contributed by atoms with Gasteiger partial charge in [0.05, 0.1) is 0 Å². The quantitative estimate of drug-likeness (QED) is 0.199. The molecule has 0 spiro atoms. The van der Waals surface area contributed by atoms with Crippen LogP contribution in [0.1, 0.15) is 0 Å². The third-order valence-corrected chi connectivity index (χ3v) is 1.05. The smallest absolute Gasteiger partial charge is 0.349 e. The van der Waals surface area contributed by atoms with Gasteiger partial charge in [-0.25, -0.2) is 0 Å². The standard InChI is InChI=1S/C2H6N4O6/c3-1(4,7)2(8,5(9)10)6(11)12/h7-8H,3-4H2. The third kappa shape index (κ3) is 1.31.